The zero-order valence-corrected chi connectivity index (χ0v) is 15.7. The first-order valence-electron chi connectivity index (χ1n) is 9.96. The van der Waals surface area contributed by atoms with E-state index >= 15 is 0 Å². The van der Waals surface area contributed by atoms with Gasteiger partial charge in [-0.3, -0.25) is 0 Å². The van der Waals surface area contributed by atoms with E-state index in [0.29, 0.717) is 24.4 Å². The van der Waals surface area contributed by atoms with Gasteiger partial charge in [0.25, 0.3) is 0 Å². The maximum Gasteiger partial charge on any atom is 0.552 e. The zero-order chi connectivity index (χ0) is 18.9. The minimum atomic E-state index is -0.909. The summed E-state index contributed by atoms with van der Waals surface area (Å²) >= 11 is 0. The zero-order valence-electron chi connectivity index (χ0n) is 15.7. The second kappa shape index (κ2) is 7.45. The van der Waals surface area contributed by atoms with Crippen LogP contribution in [0.2, 0.25) is 0 Å². The molecule has 28 heavy (non-hydrogen) atoms. The maximum atomic E-state index is 10.2. The van der Waals surface area contributed by atoms with Gasteiger partial charge in [-0.2, -0.15) is 0 Å². The Morgan fingerprint density at radius 1 is 1.14 bits per heavy atom. The average molecular weight is 374 g/mol. The van der Waals surface area contributed by atoms with Crippen molar-refractivity contribution in [2.45, 2.75) is 38.4 Å². The SMILES string of the molecule is OB1C=C(C2CCC(OCc3ccccc3)CC2)c2c(cnc3[nH]ccc23)O1. The number of aromatic nitrogens is 2. The van der Waals surface area contributed by atoms with Gasteiger partial charge in [0.1, 0.15) is 11.4 Å². The molecule has 3 heterocycles. The Labute approximate surface area is 164 Å². The van der Waals surface area contributed by atoms with Crippen molar-refractivity contribution in [3.05, 3.63) is 65.9 Å². The van der Waals surface area contributed by atoms with Crippen LogP contribution < -0.4 is 4.65 Å². The molecule has 5 rings (SSSR count). The highest BCUT2D eigenvalue weighted by molar-refractivity contribution is 6.52. The van der Waals surface area contributed by atoms with Crippen LogP contribution in [-0.4, -0.2) is 28.2 Å². The predicted octanol–water partition coefficient (Wildman–Crippen LogP) is 4.13. The number of nitrogens with zero attached hydrogens (tertiary/aromatic N) is 1. The molecule has 1 aliphatic carbocycles. The average Bonchev–Trinajstić information content (AvgIpc) is 3.22. The third-order valence-electron chi connectivity index (χ3n) is 5.85. The Bertz CT molecular complexity index is 993. The molecule has 0 saturated heterocycles. The van der Waals surface area contributed by atoms with E-state index in [4.69, 9.17) is 9.39 Å². The van der Waals surface area contributed by atoms with Gasteiger partial charge in [0, 0.05) is 17.1 Å². The van der Waals surface area contributed by atoms with Crippen molar-refractivity contribution in [3.63, 3.8) is 0 Å². The fourth-order valence-corrected chi connectivity index (χ4v) is 4.45. The number of rotatable bonds is 4. The molecule has 0 atom stereocenters. The Hall–Kier alpha value is -2.57. The summed E-state index contributed by atoms with van der Waals surface area (Å²) in [4.78, 5) is 7.56. The van der Waals surface area contributed by atoms with Gasteiger partial charge < -0.3 is 19.4 Å². The van der Waals surface area contributed by atoms with E-state index in [1.54, 1.807) is 6.20 Å². The largest absolute Gasteiger partial charge is 0.552 e. The lowest BCUT2D eigenvalue weighted by molar-refractivity contribution is 0.0118. The van der Waals surface area contributed by atoms with Crippen LogP contribution in [0.4, 0.5) is 0 Å². The first-order chi connectivity index (χ1) is 13.8. The van der Waals surface area contributed by atoms with Crippen molar-refractivity contribution in [2.75, 3.05) is 0 Å². The first-order valence-corrected chi connectivity index (χ1v) is 9.96. The van der Waals surface area contributed by atoms with E-state index < -0.39 is 7.12 Å². The molecule has 1 aliphatic heterocycles. The molecule has 5 nitrogen and oxygen atoms in total. The number of ether oxygens (including phenoxy) is 1. The molecule has 6 heteroatoms. The Morgan fingerprint density at radius 2 is 1.96 bits per heavy atom. The van der Waals surface area contributed by atoms with Gasteiger partial charge >= 0.3 is 7.12 Å². The molecule has 1 fully saturated rings. The van der Waals surface area contributed by atoms with Gasteiger partial charge in [-0.15, -0.1) is 0 Å². The summed E-state index contributed by atoms with van der Waals surface area (Å²) in [6.07, 6.45) is 8.06. The number of allylic oxidation sites excluding steroid dienone is 1. The highest BCUT2D eigenvalue weighted by atomic mass is 16.5. The van der Waals surface area contributed by atoms with E-state index in [0.717, 1.165) is 42.3 Å². The van der Waals surface area contributed by atoms with Crippen LogP contribution in [0.1, 0.15) is 36.8 Å². The van der Waals surface area contributed by atoms with Crippen LogP contribution in [0.3, 0.4) is 0 Å². The molecular weight excluding hydrogens is 351 g/mol. The number of fused-ring (bicyclic) bond motifs is 3. The van der Waals surface area contributed by atoms with E-state index in [1.165, 1.54) is 11.1 Å². The Balaban J connectivity index is 1.31. The lowest BCUT2D eigenvalue weighted by Crippen LogP contribution is -2.28. The molecule has 2 N–H and O–H groups in total. The summed E-state index contributed by atoms with van der Waals surface area (Å²) in [6.45, 7) is 0.671. The van der Waals surface area contributed by atoms with E-state index in [2.05, 4.69) is 22.1 Å². The highest BCUT2D eigenvalue weighted by Gasteiger charge is 2.32. The van der Waals surface area contributed by atoms with Crippen molar-refractivity contribution in [1.29, 1.82) is 0 Å². The van der Waals surface area contributed by atoms with Crippen molar-refractivity contribution >= 4 is 23.7 Å². The summed E-state index contributed by atoms with van der Waals surface area (Å²) < 4.78 is 11.8. The fraction of sp³-hybridized carbons (Fsp3) is 0.318. The maximum absolute atomic E-state index is 10.2. The number of aromatic amines is 1. The molecule has 142 valence electrons. The highest BCUT2D eigenvalue weighted by Crippen LogP contribution is 2.44. The predicted molar refractivity (Wildman–Crippen MR) is 110 cm³/mol. The van der Waals surface area contributed by atoms with Crippen LogP contribution in [0.15, 0.2) is 54.8 Å². The molecule has 1 aromatic carbocycles. The third kappa shape index (κ3) is 3.34. The Morgan fingerprint density at radius 3 is 2.79 bits per heavy atom. The first kappa shape index (κ1) is 17.5. The summed E-state index contributed by atoms with van der Waals surface area (Å²) in [5.74, 6) is 2.93. The van der Waals surface area contributed by atoms with Crippen LogP contribution in [0.5, 0.6) is 5.75 Å². The minimum Gasteiger partial charge on any atom is -0.531 e. The van der Waals surface area contributed by atoms with E-state index in [-0.39, 0.29) is 0 Å². The lowest BCUT2D eigenvalue weighted by Gasteiger charge is -2.33. The molecule has 0 radical (unpaired) electrons. The normalized spacial score (nSPS) is 21.9. The number of pyridine rings is 1. The van der Waals surface area contributed by atoms with Crippen molar-refractivity contribution < 1.29 is 14.4 Å². The molecule has 3 aromatic rings. The Kier molecular flexibility index (Phi) is 4.67. The summed E-state index contributed by atoms with van der Waals surface area (Å²) in [6, 6.07) is 12.4. The molecule has 0 spiro atoms. The monoisotopic (exact) mass is 374 g/mol. The molecular formula is C22H23BN2O3. The molecule has 1 saturated carbocycles. The van der Waals surface area contributed by atoms with Crippen LogP contribution in [0.25, 0.3) is 16.6 Å². The molecule has 0 unspecified atom stereocenters. The smallest absolute Gasteiger partial charge is 0.531 e. The van der Waals surface area contributed by atoms with E-state index in [9.17, 15) is 5.02 Å². The third-order valence-corrected chi connectivity index (χ3v) is 5.85. The summed E-state index contributed by atoms with van der Waals surface area (Å²) in [5.41, 5.74) is 4.33. The van der Waals surface area contributed by atoms with Gasteiger partial charge in [0.2, 0.25) is 0 Å². The number of hydrogen-bond acceptors (Lipinski definition) is 4. The van der Waals surface area contributed by atoms with Crippen molar-refractivity contribution in [1.82, 2.24) is 9.97 Å². The van der Waals surface area contributed by atoms with Crippen molar-refractivity contribution in [3.8, 4) is 5.75 Å². The van der Waals surface area contributed by atoms with Gasteiger partial charge in [-0.05, 0) is 54.8 Å². The summed E-state index contributed by atoms with van der Waals surface area (Å²) in [7, 11) is -0.909. The number of H-pyrrole nitrogens is 1. The minimum absolute atomic E-state index is 0.297. The second-order valence-electron chi connectivity index (χ2n) is 7.64. The summed E-state index contributed by atoms with van der Waals surface area (Å²) in [5, 5.41) is 11.2. The number of hydrogen-bond donors (Lipinski definition) is 2. The number of nitrogens with one attached hydrogen (secondary N) is 1. The molecule has 2 aromatic heterocycles. The van der Waals surface area contributed by atoms with Gasteiger partial charge in [-0.1, -0.05) is 30.3 Å². The van der Waals surface area contributed by atoms with Gasteiger partial charge in [0.15, 0.2) is 0 Å². The van der Waals surface area contributed by atoms with E-state index in [1.807, 2.05) is 36.4 Å². The molecule has 0 bridgehead atoms. The second-order valence-corrected chi connectivity index (χ2v) is 7.64. The topological polar surface area (TPSA) is 67.4 Å². The standard InChI is InChI=1S/C22H23BN2O3/c26-23-12-19(21-18-10-11-24-22(18)25-13-20(21)28-23)16-6-8-17(9-7-16)27-14-15-4-2-1-3-5-15/h1-5,10-13,16-17,26H,6-9,14H2,(H,24,25). The van der Waals surface area contributed by atoms with Crippen LogP contribution in [0, 0.1) is 5.92 Å². The molecule has 0 amide bonds. The van der Waals surface area contributed by atoms with Gasteiger partial charge in [0.05, 0.1) is 18.9 Å². The number of benzene rings is 1. The van der Waals surface area contributed by atoms with Crippen LogP contribution >= 0.6 is 0 Å². The van der Waals surface area contributed by atoms with Crippen LogP contribution in [-0.2, 0) is 11.3 Å². The fourth-order valence-electron chi connectivity index (χ4n) is 4.45. The molecule has 2 aliphatic rings. The lowest BCUT2D eigenvalue weighted by atomic mass is 9.72. The van der Waals surface area contributed by atoms with Crippen molar-refractivity contribution in [2.24, 2.45) is 5.92 Å². The van der Waals surface area contributed by atoms with Gasteiger partial charge in [-0.25, -0.2) is 4.98 Å². The quantitative estimate of drug-likeness (QED) is 0.674.